The van der Waals surface area contributed by atoms with Gasteiger partial charge in [0, 0.05) is 23.4 Å². The first-order valence-electron chi connectivity index (χ1n) is 8.72. The van der Waals surface area contributed by atoms with Crippen LogP contribution in [0.2, 0.25) is 0 Å². The van der Waals surface area contributed by atoms with Crippen LogP contribution in [0.3, 0.4) is 0 Å². The van der Waals surface area contributed by atoms with Gasteiger partial charge in [-0.1, -0.05) is 13.8 Å². The maximum atomic E-state index is 13.0. The number of pyridine rings is 1. The van der Waals surface area contributed by atoms with Crippen LogP contribution in [0.15, 0.2) is 35.1 Å². The average molecular weight is 373 g/mol. The van der Waals surface area contributed by atoms with Gasteiger partial charge in [0.15, 0.2) is 0 Å². The third-order valence-corrected chi connectivity index (χ3v) is 4.28. The molecule has 1 heterocycles. The third-order valence-electron chi connectivity index (χ3n) is 4.28. The molecule has 144 valence electrons. The Labute approximate surface area is 157 Å². The number of rotatable bonds is 6. The van der Waals surface area contributed by atoms with Gasteiger partial charge in [0.1, 0.15) is 11.9 Å². The minimum atomic E-state index is -0.785. The summed E-state index contributed by atoms with van der Waals surface area (Å²) in [6.07, 6.45) is 0. The van der Waals surface area contributed by atoms with Gasteiger partial charge in [0.2, 0.25) is 5.91 Å². The van der Waals surface area contributed by atoms with Crippen LogP contribution in [0.25, 0.3) is 0 Å². The highest BCUT2D eigenvalue weighted by atomic mass is 19.1. The summed E-state index contributed by atoms with van der Waals surface area (Å²) < 4.78 is 13.0. The zero-order chi connectivity index (χ0) is 20.1. The Hall–Kier alpha value is -2.96. The maximum Gasteiger partial charge on any atom is 0.253 e. The van der Waals surface area contributed by atoms with E-state index in [-0.39, 0.29) is 29.5 Å². The number of hydrogen-bond acceptors (Lipinski definition) is 3. The molecule has 2 amide bonds. The Morgan fingerprint density at radius 3 is 2.33 bits per heavy atom. The highest BCUT2D eigenvalue weighted by Gasteiger charge is 2.25. The molecule has 0 aliphatic heterocycles. The molecular weight excluding hydrogens is 349 g/mol. The van der Waals surface area contributed by atoms with Crippen molar-refractivity contribution in [2.24, 2.45) is 5.92 Å². The van der Waals surface area contributed by atoms with Crippen molar-refractivity contribution in [1.82, 2.24) is 15.6 Å². The molecule has 7 heteroatoms. The van der Waals surface area contributed by atoms with Gasteiger partial charge in [-0.3, -0.25) is 14.4 Å². The fourth-order valence-electron chi connectivity index (χ4n) is 2.75. The van der Waals surface area contributed by atoms with E-state index in [0.29, 0.717) is 5.56 Å². The van der Waals surface area contributed by atoms with Crippen molar-refractivity contribution in [3.63, 3.8) is 0 Å². The number of benzene rings is 1. The van der Waals surface area contributed by atoms with E-state index in [4.69, 9.17) is 0 Å². The number of aromatic amines is 1. The minimum Gasteiger partial charge on any atom is -0.350 e. The second-order valence-electron chi connectivity index (χ2n) is 6.86. The quantitative estimate of drug-likeness (QED) is 0.725. The Kier molecular flexibility index (Phi) is 6.50. The largest absolute Gasteiger partial charge is 0.350 e. The average Bonchev–Trinajstić information content (AvgIpc) is 2.58. The molecule has 0 aliphatic carbocycles. The van der Waals surface area contributed by atoms with E-state index in [1.54, 1.807) is 27.7 Å². The van der Waals surface area contributed by atoms with Gasteiger partial charge in [0.05, 0.1) is 0 Å². The molecule has 27 heavy (non-hydrogen) atoms. The first kappa shape index (κ1) is 20.4. The van der Waals surface area contributed by atoms with Crippen molar-refractivity contribution in [3.8, 4) is 0 Å². The van der Waals surface area contributed by atoms with Crippen LogP contribution < -0.4 is 16.2 Å². The second-order valence-corrected chi connectivity index (χ2v) is 6.86. The molecule has 1 aromatic heterocycles. The number of H-pyrrole nitrogens is 1. The minimum absolute atomic E-state index is 0.0654. The van der Waals surface area contributed by atoms with Gasteiger partial charge in [-0.2, -0.15) is 0 Å². The molecule has 0 spiro atoms. The predicted molar refractivity (Wildman–Crippen MR) is 101 cm³/mol. The molecule has 2 rings (SSSR count). The zero-order valence-corrected chi connectivity index (χ0v) is 15.9. The van der Waals surface area contributed by atoms with E-state index in [1.165, 1.54) is 24.3 Å². The van der Waals surface area contributed by atoms with E-state index >= 15 is 0 Å². The number of nitrogens with one attached hydrogen (secondary N) is 3. The molecule has 0 aliphatic rings. The lowest BCUT2D eigenvalue weighted by Gasteiger charge is -2.22. The molecule has 1 aromatic carbocycles. The summed E-state index contributed by atoms with van der Waals surface area (Å²) in [6, 6.07) is 6.13. The fraction of sp³-hybridized carbons (Fsp3) is 0.350. The lowest BCUT2D eigenvalue weighted by Crippen LogP contribution is -2.49. The molecular formula is C20H24FN3O3. The fourth-order valence-corrected chi connectivity index (χ4v) is 2.75. The molecule has 0 radical (unpaired) electrons. The van der Waals surface area contributed by atoms with Crippen LogP contribution in [0, 0.1) is 25.6 Å². The number of hydrogen-bond donors (Lipinski definition) is 3. The van der Waals surface area contributed by atoms with Crippen LogP contribution in [0.1, 0.15) is 41.0 Å². The number of aromatic nitrogens is 1. The summed E-state index contributed by atoms with van der Waals surface area (Å²) in [7, 11) is 0. The monoisotopic (exact) mass is 373 g/mol. The zero-order valence-electron chi connectivity index (χ0n) is 15.9. The Balaban J connectivity index is 2.08. The van der Waals surface area contributed by atoms with E-state index in [1.807, 2.05) is 6.07 Å². The normalized spacial score (nSPS) is 11.9. The Morgan fingerprint density at radius 1 is 1.15 bits per heavy atom. The van der Waals surface area contributed by atoms with Gasteiger partial charge < -0.3 is 15.6 Å². The van der Waals surface area contributed by atoms with Crippen LogP contribution >= 0.6 is 0 Å². The summed E-state index contributed by atoms with van der Waals surface area (Å²) >= 11 is 0. The first-order chi connectivity index (χ1) is 12.7. The van der Waals surface area contributed by atoms with Crippen molar-refractivity contribution in [3.05, 3.63) is 68.9 Å². The molecule has 3 N–H and O–H groups in total. The summed E-state index contributed by atoms with van der Waals surface area (Å²) in [5, 5.41) is 5.38. The number of aryl methyl sites for hydroxylation is 2. The van der Waals surface area contributed by atoms with E-state index in [2.05, 4.69) is 15.6 Å². The standard InChI is InChI=1S/C20H24FN3O3/c1-11(2)17(24-18(25)14-5-7-15(21)8-6-14)20(27)22-10-16-12(3)9-13(4)23-19(16)26/h5-9,11,17H,10H2,1-4H3,(H,22,27)(H,23,26)(H,24,25). The second kappa shape index (κ2) is 8.62. The molecule has 0 saturated heterocycles. The van der Waals surface area contributed by atoms with Gasteiger partial charge in [-0.25, -0.2) is 4.39 Å². The van der Waals surface area contributed by atoms with Gasteiger partial charge in [-0.05, 0) is 55.7 Å². The number of carbonyl (C=O) groups is 2. The van der Waals surface area contributed by atoms with Crippen LogP contribution in [-0.2, 0) is 11.3 Å². The first-order valence-corrected chi connectivity index (χ1v) is 8.72. The number of amides is 2. The van der Waals surface area contributed by atoms with Crippen molar-refractivity contribution in [2.45, 2.75) is 40.3 Å². The number of carbonyl (C=O) groups excluding carboxylic acids is 2. The lowest BCUT2D eigenvalue weighted by atomic mass is 10.0. The van der Waals surface area contributed by atoms with E-state index < -0.39 is 17.8 Å². The van der Waals surface area contributed by atoms with Gasteiger partial charge in [0.25, 0.3) is 11.5 Å². The van der Waals surface area contributed by atoms with E-state index in [9.17, 15) is 18.8 Å². The summed E-state index contributed by atoms with van der Waals surface area (Å²) in [5.74, 6) is -1.47. The molecule has 6 nitrogen and oxygen atoms in total. The van der Waals surface area contributed by atoms with Gasteiger partial charge in [-0.15, -0.1) is 0 Å². The maximum absolute atomic E-state index is 13.0. The smallest absolute Gasteiger partial charge is 0.253 e. The van der Waals surface area contributed by atoms with E-state index in [0.717, 1.165) is 11.3 Å². The van der Waals surface area contributed by atoms with Crippen molar-refractivity contribution >= 4 is 11.8 Å². The molecule has 1 atom stereocenters. The van der Waals surface area contributed by atoms with Crippen molar-refractivity contribution in [1.29, 1.82) is 0 Å². The summed E-state index contributed by atoms with van der Waals surface area (Å²) in [5.41, 5.74) is 2.03. The Morgan fingerprint density at radius 2 is 1.78 bits per heavy atom. The van der Waals surface area contributed by atoms with Crippen LogP contribution in [0.4, 0.5) is 4.39 Å². The highest BCUT2D eigenvalue weighted by Crippen LogP contribution is 2.08. The summed E-state index contributed by atoms with van der Waals surface area (Å²) in [6.45, 7) is 7.27. The Bertz CT molecular complexity index is 888. The third kappa shape index (κ3) is 5.26. The van der Waals surface area contributed by atoms with Crippen molar-refractivity contribution < 1.29 is 14.0 Å². The molecule has 0 bridgehead atoms. The van der Waals surface area contributed by atoms with Crippen LogP contribution in [-0.4, -0.2) is 22.8 Å². The molecule has 0 fully saturated rings. The summed E-state index contributed by atoms with van der Waals surface area (Å²) in [4.78, 5) is 39.7. The topological polar surface area (TPSA) is 91.1 Å². The SMILES string of the molecule is Cc1cc(C)c(CNC(=O)C(NC(=O)c2ccc(F)cc2)C(C)C)c(=O)[nH]1. The molecule has 1 unspecified atom stereocenters. The predicted octanol–water partition coefficient (Wildman–Crippen LogP) is 2.20. The molecule has 0 saturated carbocycles. The lowest BCUT2D eigenvalue weighted by molar-refractivity contribution is -0.124. The highest BCUT2D eigenvalue weighted by molar-refractivity contribution is 5.97. The molecule has 2 aromatic rings. The number of halogens is 1. The van der Waals surface area contributed by atoms with Crippen molar-refractivity contribution in [2.75, 3.05) is 0 Å². The van der Waals surface area contributed by atoms with Gasteiger partial charge >= 0.3 is 0 Å². The van der Waals surface area contributed by atoms with Crippen LogP contribution in [0.5, 0.6) is 0 Å².